The summed E-state index contributed by atoms with van der Waals surface area (Å²) in [6.07, 6.45) is 4.79. The van der Waals surface area contributed by atoms with Crippen LogP contribution in [-0.4, -0.2) is 34.1 Å². The molecule has 1 saturated heterocycles. The van der Waals surface area contributed by atoms with Crippen molar-refractivity contribution in [3.8, 4) is 0 Å². The van der Waals surface area contributed by atoms with Crippen LogP contribution in [0.4, 0.5) is 17.3 Å². The van der Waals surface area contributed by atoms with Gasteiger partial charge in [0.05, 0.1) is 6.20 Å². The normalized spacial score (nSPS) is 14.5. The van der Waals surface area contributed by atoms with Crippen LogP contribution in [0.25, 0.3) is 0 Å². The predicted molar refractivity (Wildman–Crippen MR) is 87.6 cm³/mol. The molecular weight excluding hydrogens is 296 g/mol. The van der Waals surface area contributed by atoms with Crippen molar-refractivity contribution in [3.05, 3.63) is 46.4 Å². The molecule has 0 aliphatic carbocycles. The molecule has 1 aromatic heterocycles. The highest BCUT2D eigenvalue weighted by Gasteiger charge is 2.11. The largest absolute Gasteiger partial charge is 0.477 e. The van der Waals surface area contributed by atoms with Gasteiger partial charge in [0.2, 0.25) is 5.95 Å². The maximum absolute atomic E-state index is 11.6. The molecule has 1 aromatic carbocycles. The van der Waals surface area contributed by atoms with Crippen molar-refractivity contribution in [3.63, 3.8) is 0 Å². The standard InChI is InChI=1S/C16H18N4O3/c21-14-13(15(22)23)10-17-16(19-14)18-11-4-6-12(7-5-11)20-8-2-1-3-9-20/h4-7,10H,1-3,8-9H2,(H,22,23)(H2,17,18,19,21). The summed E-state index contributed by atoms with van der Waals surface area (Å²) in [4.78, 5) is 31.1. The molecular formula is C16H18N4O3. The van der Waals surface area contributed by atoms with Gasteiger partial charge >= 0.3 is 5.97 Å². The summed E-state index contributed by atoms with van der Waals surface area (Å²) in [6.45, 7) is 2.16. The van der Waals surface area contributed by atoms with Crippen LogP contribution in [0.2, 0.25) is 0 Å². The zero-order valence-electron chi connectivity index (χ0n) is 12.6. The topological polar surface area (TPSA) is 98.3 Å². The predicted octanol–water partition coefficient (Wildman–Crippen LogP) is 2.20. The fraction of sp³-hybridized carbons (Fsp3) is 0.312. The first kappa shape index (κ1) is 15.1. The molecule has 0 atom stereocenters. The van der Waals surface area contributed by atoms with Crippen molar-refractivity contribution in [2.45, 2.75) is 19.3 Å². The molecule has 7 nitrogen and oxygen atoms in total. The average molecular weight is 314 g/mol. The lowest BCUT2D eigenvalue weighted by Crippen LogP contribution is -2.29. The highest BCUT2D eigenvalue weighted by molar-refractivity contribution is 5.86. The van der Waals surface area contributed by atoms with Crippen LogP contribution in [-0.2, 0) is 0 Å². The maximum atomic E-state index is 11.6. The number of aromatic nitrogens is 2. The van der Waals surface area contributed by atoms with Gasteiger partial charge in [-0.15, -0.1) is 0 Å². The molecule has 0 spiro atoms. The molecule has 0 saturated carbocycles. The first-order valence-corrected chi connectivity index (χ1v) is 7.58. The first-order valence-electron chi connectivity index (χ1n) is 7.58. The van der Waals surface area contributed by atoms with Gasteiger partial charge in [-0.05, 0) is 43.5 Å². The number of anilines is 3. The summed E-state index contributed by atoms with van der Waals surface area (Å²) in [6, 6.07) is 7.87. The molecule has 3 rings (SSSR count). The molecule has 0 radical (unpaired) electrons. The molecule has 3 N–H and O–H groups in total. The number of hydrogen-bond acceptors (Lipinski definition) is 5. The van der Waals surface area contributed by atoms with Crippen molar-refractivity contribution in [2.24, 2.45) is 0 Å². The lowest BCUT2D eigenvalue weighted by Gasteiger charge is -2.28. The second kappa shape index (κ2) is 6.51. The smallest absolute Gasteiger partial charge is 0.342 e. The third-order valence-corrected chi connectivity index (χ3v) is 3.88. The molecule has 2 heterocycles. The second-order valence-electron chi connectivity index (χ2n) is 5.50. The number of aromatic amines is 1. The van der Waals surface area contributed by atoms with E-state index >= 15 is 0 Å². The summed E-state index contributed by atoms with van der Waals surface area (Å²) in [5, 5.41) is 11.8. The van der Waals surface area contributed by atoms with E-state index in [-0.39, 0.29) is 11.5 Å². The zero-order chi connectivity index (χ0) is 16.2. The van der Waals surface area contributed by atoms with E-state index in [4.69, 9.17) is 5.11 Å². The van der Waals surface area contributed by atoms with Gasteiger partial charge in [-0.3, -0.25) is 9.78 Å². The minimum absolute atomic E-state index is 0.214. The highest BCUT2D eigenvalue weighted by atomic mass is 16.4. The number of carboxylic acids is 1. The molecule has 1 aliphatic heterocycles. The van der Waals surface area contributed by atoms with E-state index in [2.05, 4.69) is 20.2 Å². The van der Waals surface area contributed by atoms with Gasteiger partial charge < -0.3 is 15.3 Å². The van der Waals surface area contributed by atoms with E-state index in [1.807, 2.05) is 24.3 Å². The van der Waals surface area contributed by atoms with Crippen LogP contribution in [0.5, 0.6) is 0 Å². The zero-order valence-corrected chi connectivity index (χ0v) is 12.6. The van der Waals surface area contributed by atoms with Gasteiger partial charge in [0.15, 0.2) is 0 Å². The Kier molecular flexibility index (Phi) is 4.27. The number of hydrogen-bond donors (Lipinski definition) is 3. The molecule has 0 amide bonds. The van der Waals surface area contributed by atoms with Crippen molar-refractivity contribution in [1.29, 1.82) is 0 Å². The van der Waals surface area contributed by atoms with Crippen LogP contribution in [0, 0.1) is 0 Å². The van der Waals surface area contributed by atoms with E-state index in [1.165, 1.54) is 24.9 Å². The second-order valence-corrected chi connectivity index (χ2v) is 5.50. The Balaban J connectivity index is 1.72. The summed E-state index contributed by atoms with van der Waals surface area (Å²) in [5.41, 5.74) is 0.894. The molecule has 0 unspecified atom stereocenters. The fourth-order valence-corrected chi connectivity index (χ4v) is 2.66. The summed E-state index contributed by atoms with van der Waals surface area (Å²) in [7, 11) is 0. The number of benzene rings is 1. The van der Waals surface area contributed by atoms with Crippen molar-refractivity contribution in [1.82, 2.24) is 9.97 Å². The third-order valence-electron chi connectivity index (χ3n) is 3.88. The van der Waals surface area contributed by atoms with Gasteiger partial charge in [0.25, 0.3) is 5.56 Å². The Hall–Kier alpha value is -2.83. The van der Waals surface area contributed by atoms with Crippen LogP contribution in [0.15, 0.2) is 35.3 Å². The molecule has 1 fully saturated rings. The summed E-state index contributed by atoms with van der Waals surface area (Å²) < 4.78 is 0. The molecule has 23 heavy (non-hydrogen) atoms. The van der Waals surface area contributed by atoms with Gasteiger partial charge in [0.1, 0.15) is 5.56 Å². The number of piperidine rings is 1. The quantitative estimate of drug-likeness (QED) is 0.800. The summed E-state index contributed by atoms with van der Waals surface area (Å²) in [5.74, 6) is -1.08. The van der Waals surface area contributed by atoms with Crippen molar-refractivity contribution in [2.75, 3.05) is 23.3 Å². The maximum Gasteiger partial charge on any atom is 0.342 e. The number of nitrogens with one attached hydrogen (secondary N) is 2. The first-order chi connectivity index (χ1) is 11.1. The van der Waals surface area contributed by atoms with E-state index in [0.717, 1.165) is 25.0 Å². The van der Waals surface area contributed by atoms with Crippen LogP contribution in [0.1, 0.15) is 29.6 Å². The Morgan fingerprint density at radius 2 is 1.87 bits per heavy atom. The number of carboxylic acid groups (broad SMARTS) is 1. The number of H-pyrrole nitrogens is 1. The SMILES string of the molecule is O=C(O)c1cnc(Nc2ccc(N3CCCCC3)cc2)[nH]c1=O. The fourth-order valence-electron chi connectivity index (χ4n) is 2.66. The Labute approximate surface area is 133 Å². The minimum atomic E-state index is -1.30. The summed E-state index contributed by atoms with van der Waals surface area (Å²) >= 11 is 0. The van der Waals surface area contributed by atoms with E-state index in [9.17, 15) is 9.59 Å². The van der Waals surface area contributed by atoms with Crippen molar-refractivity contribution >= 4 is 23.3 Å². The number of carbonyl (C=O) groups is 1. The molecule has 7 heteroatoms. The van der Waals surface area contributed by atoms with Crippen LogP contribution >= 0.6 is 0 Å². The minimum Gasteiger partial charge on any atom is -0.477 e. The van der Waals surface area contributed by atoms with Crippen molar-refractivity contribution < 1.29 is 9.90 Å². The number of rotatable bonds is 4. The average Bonchev–Trinajstić information content (AvgIpc) is 2.56. The molecule has 2 aromatic rings. The number of aromatic carboxylic acids is 1. The molecule has 1 aliphatic rings. The van der Waals surface area contributed by atoms with Gasteiger partial charge in [0, 0.05) is 24.5 Å². The lowest BCUT2D eigenvalue weighted by molar-refractivity contribution is 0.0694. The Morgan fingerprint density at radius 3 is 2.48 bits per heavy atom. The molecule has 0 bridgehead atoms. The van der Waals surface area contributed by atoms with E-state index < -0.39 is 11.5 Å². The van der Waals surface area contributed by atoms with E-state index in [0.29, 0.717) is 0 Å². The van der Waals surface area contributed by atoms with E-state index in [1.54, 1.807) is 0 Å². The Bertz CT molecular complexity index is 749. The van der Waals surface area contributed by atoms with Crippen LogP contribution in [0.3, 0.4) is 0 Å². The number of nitrogens with zero attached hydrogens (tertiary/aromatic N) is 2. The van der Waals surface area contributed by atoms with Gasteiger partial charge in [-0.2, -0.15) is 0 Å². The van der Waals surface area contributed by atoms with Crippen LogP contribution < -0.4 is 15.8 Å². The van der Waals surface area contributed by atoms with Gasteiger partial charge in [-0.25, -0.2) is 9.78 Å². The molecule has 120 valence electrons. The highest BCUT2D eigenvalue weighted by Crippen LogP contribution is 2.22. The lowest BCUT2D eigenvalue weighted by atomic mass is 10.1. The monoisotopic (exact) mass is 314 g/mol. The third kappa shape index (κ3) is 3.50. The van der Waals surface area contributed by atoms with Gasteiger partial charge in [-0.1, -0.05) is 0 Å². The Morgan fingerprint density at radius 1 is 1.17 bits per heavy atom.